The Labute approximate surface area is 117 Å². The lowest BCUT2D eigenvalue weighted by Crippen LogP contribution is -2.32. The van der Waals surface area contributed by atoms with E-state index in [2.05, 4.69) is 10.3 Å². The largest absolute Gasteiger partial charge is 0.354 e. The average Bonchev–Trinajstić information content (AvgIpc) is 2.98. The van der Waals surface area contributed by atoms with E-state index in [-0.39, 0.29) is 17.5 Å². The van der Waals surface area contributed by atoms with Crippen molar-refractivity contribution in [2.75, 3.05) is 6.54 Å². The van der Waals surface area contributed by atoms with Crippen molar-refractivity contribution in [3.63, 3.8) is 0 Å². The predicted molar refractivity (Wildman–Crippen MR) is 75.3 cm³/mol. The minimum atomic E-state index is -0.281. The first-order valence-corrected chi connectivity index (χ1v) is 6.59. The first-order valence-electron chi connectivity index (χ1n) is 6.59. The SMILES string of the molecule is C[C@@H](C(=O)NCCCn1ccccc1=O)n1ccnc1. The van der Waals surface area contributed by atoms with E-state index in [0.29, 0.717) is 19.5 Å². The molecule has 1 atom stereocenters. The molecule has 0 bridgehead atoms. The Hall–Kier alpha value is -2.37. The fourth-order valence-corrected chi connectivity index (χ4v) is 1.89. The second kappa shape index (κ2) is 6.70. The Balaban J connectivity index is 1.75. The quantitative estimate of drug-likeness (QED) is 0.793. The molecule has 0 radical (unpaired) electrons. The van der Waals surface area contributed by atoms with Crippen LogP contribution in [0.1, 0.15) is 19.4 Å². The van der Waals surface area contributed by atoms with Gasteiger partial charge in [-0.25, -0.2) is 4.98 Å². The molecule has 6 heteroatoms. The van der Waals surface area contributed by atoms with Gasteiger partial charge in [0.05, 0.1) is 6.33 Å². The second-order valence-corrected chi connectivity index (χ2v) is 4.56. The Morgan fingerprint density at radius 3 is 2.95 bits per heavy atom. The Morgan fingerprint density at radius 1 is 1.40 bits per heavy atom. The molecule has 2 heterocycles. The Morgan fingerprint density at radius 2 is 2.25 bits per heavy atom. The fraction of sp³-hybridized carbons (Fsp3) is 0.357. The average molecular weight is 274 g/mol. The lowest BCUT2D eigenvalue weighted by molar-refractivity contribution is -0.123. The van der Waals surface area contributed by atoms with E-state index in [1.807, 2.05) is 13.0 Å². The monoisotopic (exact) mass is 274 g/mol. The Kier molecular flexibility index (Phi) is 4.70. The topological polar surface area (TPSA) is 68.9 Å². The van der Waals surface area contributed by atoms with Gasteiger partial charge in [-0.15, -0.1) is 0 Å². The third-order valence-electron chi connectivity index (χ3n) is 3.13. The number of rotatable bonds is 6. The third-order valence-corrected chi connectivity index (χ3v) is 3.13. The van der Waals surface area contributed by atoms with Crippen molar-refractivity contribution in [2.45, 2.75) is 25.9 Å². The summed E-state index contributed by atoms with van der Waals surface area (Å²) in [6, 6.07) is 4.78. The highest BCUT2D eigenvalue weighted by molar-refractivity contribution is 5.79. The van der Waals surface area contributed by atoms with E-state index in [0.717, 1.165) is 0 Å². The van der Waals surface area contributed by atoms with Crippen LogP contribution in [-0.4, -0.2) is 26.6 Å². The molecule has 0 aliphatic rings. The number of imidazole rings is 1. The summed E-state index contributed by atoms with van der Waals surface area (Å²) < 4.78 is 3.38. The minimum absolute atomic E-state index is 0.0226. The molecule has 106 valence electrons. The molecule has 6 nitrogen and oxygen atoms in total. The van der Waals surface area contributed by atoms with Crippen molar-refractivity contribution in [1.29, 1.82) is 0 Å². The maximum atomic E-state index is 11.9. The zero-order valence-electron chi connectivity index (χ0n) is 11.4. The lowest BCUT2D eigenvalue weighted by Gasteiger charge is -2.13. The number of aromatic nitrogens is 3. The van der Waals surface area contributed by atoms with Gasteiger partial charge in [0.15, 0.2) is 0 Å². The molecule has 1 N–H and O–H groups in total. The van der Waals surface area contributed by atoms with Crippen molar-refractivity contribution in [1.82, 2.24) is 19.4 Å². The number of nitrogens with one attached hydrogen (secondary N) is 1. The number of hydrogen-bond acceptors (Lipinski definition) is 3. The van der Waals surface area contributed by atoms with E-state index in [4.69, 9.17) is 0 Å². The van der Waals surface area contributed by atoms with Crippen LogP contribution in [0.5, 0.6) is 0 Å². The van der Waals surface area contributed by atoms with Crippen LogP contribution in [-0.2, 0) is 11.3 Å². The van der Waals surface area contributed by atoms with Crippen LogP contribution in [0, 0.1) is 0 Å². The molecule has 0 saturated carbocycles. The molecule has 2 aromatic rings. The third kappa shape index (κ3) is 3.57. The molecule has 1 amide bonds. The molecule has 20 heavy (non-hydrogen) atoms. The van der Waals surface area contributed by atoms with Crippen LogP contribution in [0.2, 0.25) is 0 Å². The van der Waals surface area contributed by atoms with E-state index in [1.165, 1.54) is 6.07 Å². The molecule has 2 aromatic heterocycles. The fourth-order valence-electron chi connectivity index (χ4n) is 1.89. The van der Waals surface area contributed by atoms with Crippen LogP contribution in [0.15, 0.2) is 47.9 Å². The smallest absolute Gasteiger partial charge is 0.250 e. The van der Waals surface area contributed by atoms with Crippen LogP contribution in [0.3, 0.4) is 0 Å². The summed E-state index contributed by atoms with van der Waals surface area (Å²) in [6.45, 7) is 2.96. The van der Waals surface area contributed by atoms with Gasteiger partial charge in [-0.2, -0.15) is 0 Å². The molecular formula is C14H18N4O2. The van der Waals surface area contributed by atoms with Gasteiger partial charge >= 0.3 is 0 Å². The minimum Gasteiger partial charge on any atom is -0.354 e. The number of nitrogens with zero attached hydrogens (tertiary/aromatic N) is 3. The lowest BCUT2D eigenvalue weighted by atomic mass is 10.3. The van der Waals surface area contributed by atoms with Crippen molar-refractivity contribution >= 4 is 5.91 Å². The van der Waals surface area contributed by atoms with Crippen molar-refractivity contribution < 1.29 is 4.79 Å². The van der Waals surface area contributed by atoms with E-state index < -0.39 is 0 Å². The number of pyridine rings is 1. The summed E-state index contributed by atoms with van der Waals surface area (Å²) >= 11 is 0. The maximum absolute atomic E-state index is 11.9. The van der Waals surface area contributed by atoms with Crippen LogP contribution in [0.4, 0.5) is 0 Å². The first kappa shape index (κ1) is 14.0. The highest BCUT2D eigenvalue weighted by Gasteiger charge is 2.12. The number of carbonyl (C=O) groups excluding carboxylic acids is 1. The standard InChI is InChI=1S/C14H18N4O2/c1-12(18-10-7-15-11-18)14(20)16-6-4-9-17-8-3-2-5-13(17)19/h2-3,5,7-8,10-12H,4,6,9H2,1H3,(H,16,20)/t12-/m0/s1. The van der Waals surface area contributed by atoms with Crippen LogP contribution >= 0.6 is 0 Å². The van der Waals surface area contributed by atoms with E-state index in [1.54, 1.807) is 40.1 Å². The van der Waals surface area contributed by atoms with Crippen molar-refractivity contribution in [2.24, 2.45) is 0 Å². The van der Waals surface area contributed by atoms with Gasteiger partial charge in [0.1, 0.15) is 6.04 Å². The highest BCUT2D eigenvalue weighted by Crippen LogP contribution is 2.03. The zero-order chi connectivity index (χ0) is 14.4. The van der Waals surface area contributed by atoms with Crippen LogP contribution < -0.4 is 10.9 Å². The van der Waals surface area contributed by atoms with Gasteiger partial charge in [-0.05, 0) is 19.4 Å². The number of hydrogen-bond donors (Lipinski definition) is 1. The first-order chi connectivity index (χ1) is 9.68. The second-order valence-electron chi connectivity index (χ2n) is 4.56. The number of carbonyl (C=O) groups is 1. The van der Waals surface area contributed by atoms with E-state index in [9.17, 15) is 9.59 Å². The van der Waals surface area contributed by atoms with Gasteiger partial charge < -0.3 is 14.5 Å². The molecule has 0 saturated heterocycles. The predicted octanol–water partition coefficient (Wildman–Crippen LogP) is 0.812. The van der Waals surface area contributed by atoms with Crippen molar-refractivity contribution in [3.05, 3.63) is 53.5 Å². The van der Waals surface area contributed by atoms with Gasteiger partial charge in [0.25, 0.3) is 0 Å². The molecule has 2 rings (SSSR count). The van der Waals surface area contributed by atoms with Gasteiger partial charge in [-0.3, -0.25) is 9.59 Å². The number of aryl methyl sites for hydroxylation is 1. The summed E-state index contributed by atoms with van der Waals surface area (Å²) in [7, 11) is 0. The summed E-state index contributed by atoms with van der Waals surface area (Å²) in [5.74, 6) is -0.0524. The molecule has 0 spiro atoms. The van der Waals surface area contributed by atoms with Gasteiger partial charge in [0.2, 0.25) is 11.5 Å². The summed E-state index contributed by atoms with van der Waals surface area (Å²) in [6.07, 6.45) is 7.48. The summed E-state index contributed by atoms with van der Waals surface area (Å²) in [5.41, 5.74) is -0.0226. The normalized spacial score (nSPS) is 12.1. The highest BCUT2D eigenvalue weighted by atomic mass is 16.2. The molecule has 0 aliphatic heterocycles. The maximum Gasteiger partial charge on any atom is 0.250 e. The van der Waals surface area contributed by atoms with E-state index >= 15 is 0 Å². The molecule has 0 unspecified atom stereocenters. The summed E-state index contributed by atoms with van der Waals surface area (Å²) in [5, 5.41) is 2.86. The van der Waals surface area contributed by atoms with Gasteiger partial charge in [-0.1, -0.05) is 6.07 Å². The van der Waals surface area contributed by atoms with Crippen LogP contribution in [0.25, 0.3) is 0 Å². The Bertz CT molecular complexity index is 604. The van der Waals surface area contributed by atoms with Crippen molar-refractivity contribution in [3.8, 4) is 0 Å². The summed E-state index contributed by atoms with van der Waals surface area (Å²) in [4.78, 5) is 27.3. The molecule has 0 aliphatic carbocycles. The van der Waals surface area contributed by atoms with Gasteiger partial charge in [0, 0.05) is 37.7 Å². The zero-order valence-corrected chi connectivity index (χ0v) is 11.4. The molecule has 0 aromatic carbocycles. The molecule has 0 fully saturated rings. The number of amides is 1. The molecular weight excluding hydrogens is 256 g/mol.